The molecule has 0 heterocycles. The highest BCUT2D eigenvalue weighted by Crippen LogP contribution is 2.17. The first-order valence-electron chi connectivity index (χ1n) is 5.74. The van der Waals surface area contributed by atoms with Gasteiger partial charge < -0.3 is 5.11 Å². The lowest BCUT2D eigenvalue weighted by molar-refractivity contribution is 0.138. The summed E-state index contributed by atoms with van der Waals surface area (Å²) in [5, 5.41) is 9.44. The van der Waals surface area contributed by atoms with E-state index in [1.54, 1.807) is 0 Å². The molecule has 1 heteroatoms. The monoisotopic (exact) mass is 186 g/mol. The van der Waals surface area contributed by atoms with Gasteiger partial charge in [-0.1, -0.05) is 47.0 Å². The Morgan fingerprint density at radius 3 is 2.15 bits per heavy atom. The average molecular weight is 186 g/mol. The van der Waals surface area contributed by atoms with Gasteiger partial charge in [0.15, 0.2) is 0 Å². The normalized spacial score (nSPS) is 16.2. The number of hydrogen-bond donors (Lipinski definition) is 1. The average Bonchev–Trinajstić information content (AvgIpc) is 2.03. The SMILES string of the molecule is CCC(O)CC(C)CCCC(C)C. The topological polar surface area (TPSA) is 20.2 Å². The fraction of sp³-hybridized carbons (Fsp3) is 1.00. The van der Waals surface area contributed by atoms with Gasteiger partial charge in [-0.3, -0.25) is 0 Å². The molecule has 1 N–H and O–H groups in total. The van der Waals surface area contributed by atoms with Gasteiger partial charge in [-0.05, 0) is 24.7 Å². The maximum atomic E-state index is 9.44. The van der Waals surface area contributed by atoms with Crippen molar-refractivity contribution in [2.45, 2.75) is 65.9 Å². The van der Waals surface area contributed by atoms with Crippen LogP contribution in [0.4, 0.5) is 0 Å². The molecule has 2 atom stereocenters. The summed E-state index contributed by atoms with van der Waals surface area (Å²) in [6.45, 7) is 8.84. The van der Waals surface area contributed by atoms with E-state index in [0.29, 0.717) is 5.92 Å². The van der Waals surface area contributed by atoms with E-state index >= 15 is 0 Å². The zero-order chi connectivity index (χ0) is 10.3. The van der Waals surface area contributed by atoms with E-state index in [-0.39, 0.29) is 6.10 Å². The Balaban J connectivity index is 3.34. The molecule has 0 saturated heterocycles. The lowest BCUT2D eigenvalue weighted by Crippen LogP contribution is -2.10. The van der Waals surface area contributed by atoms with Crippen molar-refractivity contribution in [1.82, 2.24) is 0 Å². The molecule has 0 saturated carbocycles. The van der Waals surface area contributed by atoms with Gasteiger partial charge >= 0.3 is 0 Å². The van der Waals surface area contributed by atoms with Gasteiger partial charge in [-0.2, -0.15) is 0 Å². The highest BCUT2D eigenvalue weighted by atomic mass is 16.3. The standard InChI is InChI=1S/C12H26O/c1-5-12(13)9-11(4)8-6-7-10(2)3/h10-13H,5-9H2,1-4H3. The Morgan fingerprint density at radius 1 is 1.08 bits per heavy atom. The minimum absolute atomic E-state index is 0.0750. The van der Waals surface area contributed by atoms with E-state index < -0.39 is 0 Å². The fourth-order valence-electron chi connectivity index (χ4n) is 1.62. The van der Waals surface area contributed by atoms with Crippen LogP contribution in [0, 0.1) is 11.8 Å². The van der Waals surface area contributed by atoms with Crippen LogP contribution < -0.4 is 0 Å². The molecule has 13 heavy (non-hydrogen) atoms. The summed E-state index contributed by atoms with van der Waals surface area (Å²) in [5.74, 6) is 1.51. The van der Waals surface area contributed by atoms with Gasteiger partial charge in [0.25, 0.3) is 0 Å². The molecule has 0 aromatic heterocycles. The Kier molecular flexibility index (Phi) is 7.35. The second-order valence-corrected chi connectivity index (χ2v) is 4.73. The molecule has 1 nitrogen and oxygen atoms in total. The highest BCUT2D eigenvalue weighted by molar-refractivity contribution is 4.60. The zero-order valence-corrected chi connectivity index (χ0v) is 9.71. The summed E-state index contributed by atoms with van der Waals surface area (Å²) in [4.78, 5) is 0. The lowest BCUT2D eigenvalue weighted by atomic mass is 9.94. The molecule has 0 amide bonds. The quantitative estimate of drug-likeness (QED) is 0.644. The number of aliphatic hydroxyl groups is 1. The second kappa shape index (κ2) is 7.37. The molecule has 0 aliphatic carbocycles. The molecular formula is C12H26O. The predicted octanol–water partition coefficient (Wildman–Crippen LogP) is 3.61. The van der Waals surface area contributed by atoms with Crippen molar-refractivity contribution in [2.75, 3.05) is 0 Å². The number of hydrogen-bond acceptors (Lipinski definition) is 1. The van der Waals surface area contributed by atoms with E-state index in [1.165, 1.54) is 19.3 Å². The van der Waals surface area contributed by atoms with Gasteiger partial charge in [0, 0.05) is 0 Å². The fourth-order valence-corrected chi connectivity index (χ4v) is 1.62. The van der Waals surface area contributed by atoms with Crippen LogP contribution in [0.2, 0.25) is 0 Å². The largest absolute Gasteiger partial charge is 0.393 e. The Morgan fingerprint density at radius 2 is 1.69 bits per heavy atom. The van der Waals surface area contributed by atoms with Crippen LogP contribution in [0.3, 0.4) is 0 Å². The van der Waals surface area contributed by atoms with Crippen LogP contribution in [0.1, 0.15) is 59.8 Å². The second-order valence-electron chi connectivity index (χ2n) is 4.73. The predicted molar refractivity (Wildman–Crippen MR) is 58.8 cm³/mol. The lowest BCUT2D eigenvalue weighted by Gasteiger charge is -2.15. The first-order valence-corrected chi connectivity index (χ1v) is 5.74. The van der Waals surface area contributed by atoms with Crippen LogP contribution in [0.5, 0.6) is 0 Å². The van der Waals surface area contributed by atoms with E-state index in [4.69, 9.17) is 0 Å². The Labute approximate surface area is 83.5 Å². The van der Waals surface area contributed by atoms with E-state index in [1.807, 2.05) is 6.92 Å². The van der Waals surface area contributed by atoms with Crippen molar-refractivity contribution in [3.8, 4) is 0 Å². The summed E-state index contributed by atoms with van der Waals surface area (Å²) in [6.07, 6.45) is 5.72. The highest BCUT2D eigenvalue weighted by Gasteiger charge is 2.08. The van der Waals surface area contributed by atoms with Crippen LogP contribution in [-0.4, -0.2) is 11.2 Å². The molecule has 0 spiro atoms. The number of rotatable bonds is 7. The molecular weight excluding hydrogens is 160 g/mol. The molecule has 0 aliphatic rings. The third kappa shape index (κ3) is 8.29. The van der Waals surface area contributed by atoms with Crippen molar-refractivity contribution in [3.05, 3.63) is 0 Å². The third-order valence-corrected chi connectivity index (χ3v) is 2.62. The smallest absolute Gasteiger partial charge is 0.0540 e. The molecule has 0 radical (unpaired) electrons. The molecule has 0 aromatic rings. The number of aliphatic hydroxyl groups excluding tert-OH is 1. The van der Waals surface area contributed by atoms with Crippen molar-refractivity contribution in [1.29, 1.82) is 0 Å². The minimum Gasteiger partial charge on any atom is -0.393 e. The molecule has 0 fully saturated rings. The van der Waals surface area contributed by atoms with Crippen LogP contribution in [0.15, 0.2) is 0 Å². The van der Waals surface area contributed by atoms with Gasteiger partial charge in [0.05, 0.1) is 6.10 Å². The van der Waals surface area contributed by atoms with Gasteiger partial charge in [0.1, 0.15) is 0 Å². The van der Waals surface area contributed by atoms with E-state index in [9.17, 15) is 5.11 Å². The van der Waals surface area contributed by atoms with Gasteiger partial charge in [-0.25, -0.2) is 0 Å². The van der Waals surface area contributed by atoms with E-state index in [2.05, 4.69) is 20.8 Å². The maximum Gasteiger partial charge on any atom is 0.0540 e. The first-order chi connectivity index (χ1) is 6.06. The van der Waals surface area contributed by atoms with Gasteiger partial charge in [0.2, 0.25) is 0 Å². The van der Waals surface area contributed by atoms with Crippen LogP contribution >= 0.6 is 0 Å². The van der Waals surface area contributed by atoms with E-state index in [0.717, 1.165) is 18.8 Å². The molecule has 0 aliphatic heterocycles. The molecule has 0 bridgehead atoms. The summed E-state index contributed by atoms with van der Waals surface area (Å²) in [6, 6.07) is 0. The molecule has 80 valence electrons. The maximum absolute atomic E-state index is 9.44. The van der Waals surface area contributed by atoms with Crippen LogP contribution in [0.25, 0.3) is 0 Å². The summed E-state index contributed by atoms with van der Waals surface area (Å²) in [7, 11) is 0. The summed E-state index contributed by atoms with van der Waals surface area (Å²) >= 11 is 0. The van der Waals surface area contributed by atoms with Crippen molar-refractivity contribution >= 4 is 0 Å². The van der Waals surface area contributed by atoms with Crippen molar-refractivity contribution < 1.29 is 5.11 Å². The van der Waals surface area contributed by atoms with Crippen LogP contribution in [-0.2, 0) is 0 Å². The summed E-state index contributed by atoms with van der Waals surface area (Å²) in [5.41, 5.74) is 0. The molecule has 2 unspecified atom stereocenters. The van der Waals surface area contributed by atoms with Gasteiger partial charge in [-0.15, -0.1) is 0 Å². The third-order valence-electron chi connectivity index (χ3n) is 2.62. The minimum atomic E-state index is -0.0750. The Hall–Kier alpha value is -0.0400. The van der Waals surface area contributed by atoms with Crippen molar-refractivity contribution in [3.63, 3.8) is 0 Å². The zero-order valence-electron chi connectivity index (χ0n) is 9.71. The first kappa shape index (κ1) is 13.0. The molecule has 0 rings (SSSR count). The molecule has 0 aromatic carbocycles. The van der Waals surface area contributed by atoms with Crippen molar-refractivity contribution in [2.24, 2.45) is 11.8 Å². The Bertz CT molecular complexity index is 110. The summed E-state index contributed by atoms with van der Waals surface area (Å²) < 4.78 is 0.